The maximum absolute atomic E-state index is 12.0. The van der Waals surface area contributed by atoms with Gasteiger partial charge < -0.3 is 5.32 Å². The van der Waals surface area contributed by atoms with Crippen LogP contribution in [-0.2, 0) is 6.54 Å². The Bertz CT molecular complexity index is 945. The summed E-state index contributed by atoms with van der Waals surface area (Å²) in [7, 11) is 0. The molecule has 25 heavy (non-hydrogen) atoms. The predicted octanol–water partition coefficient (Wildman–Crippen LogP) is 0.871. The van der Waals surface area contributed by atoms with Crippen LogP contribution < -0.4 is 10.9 Å². The number of carbonyl (C=O) groups is 1. The molecule has 0 unspecified atom stereocenters. The van der Waals surface area contributed by atoms with Crippen LogP contribution in [0, 0.1) is 13.8 Å². The monoisotopic (exact) mass is 338 g/mol. The maximum Gasteiger partial charge on any atom is 0.269 e. The van der Waals surface area contributed by atoms with Crippen LogP contribution in [0.15, 0.2) is 47.4 Å². The van der Waals surface area contributed by atoms with Gasteiger partial charge in [-0.15, -0.1) is 5.10 Å². The average molecular weight is 338 g/mol. The number of pyridine rings is 1. The van der Waals surface area contributed by atoms with Crippen molar-refractivity contribution in [3.05, 3.63) is 70.0 Å². The Kier molecular flexibility index (Phi) is 4.69. The third-order valence-corrected chi connectivity index (χ3v) is 3.59. The van der Waals surface area contributed by atoms with E-state index in [2.05, 4.69) is 20.5 Å². The Balaban J connectivity index is 1.70. The van der Waals surface area contributed by atoms with Crippen LogP contribution >= 0.6 is 0 Å². The first-order chi connectivity index (χ1) is 12.0. The molecule has 0 bridgehead atoms. The van der Waals surface area contributed by atoms with Gasteiger partial charge in [0.15, 0.2) is 5.82 Å². The number of rotatable bonds is 5. The van der Waals surface area contributed by atoms with E-state index in [-0.39, 0.29) is 24.6 Å². The molecule has 3 aromatic heterocycles. The van der Waals surface area contributed by atoms with Gasteiger partial charge in [0.1, 0.15) is 5.69 Å². The van der Waals surface area contributed by atoms with Crippen LogP contribution in [-0.4, -0.2) is 37.0 Å². The van der Waals surface area contributed by atoms with Crippen molar-refractivity contribution in [1.29, 1.82) is 0 Å². The quantitative estimate of drug-likeness (QED) is 0.745. The summed E-state index contributed by atoms with van der Waals surface area (Å²) in [5.41, 5.74) is 1.90. The topological polar surface area (TPSA) is 94.7 Å². The van der Waals surface area contributed by atoms with Gasteiger partial charge in [-0.25, -0.2) is 9.36 Å². The summed E-state index contributed by atoms with van der Waals surface area (Å²) in [5.74, 6) is 0.268. The maximum atomic E-state index is 12.0. The zero-order chi connectivity index (χ0) is 17.8. The van der Waals surface area contributed by atoms with Gasteiger partial charge in [0.25, 0.3) is 11.5 Å². The Morgan fingerprint density at radius 1 is 1.16 bits per heavy atom. The Labute approximate surface area is 144 Å². The molecule has 3 rings (SSSR count). The zero-order valence-corrected chi connectivity index (χ0v) is 14.0. The molecular formula is C17H18N6O2. The molecule has 0 radical (unpaired) electrons. The fourth-order valence-corrected chi connectivity index (χ4v) is 2.44. The predicted molar refractivity (Wildman–Crippen MR) is 91.7 cm³/mol. The molecule has 1 amide bonds. The Morgan fingerprint density at radius 3 is 2.68 bits per heavy atom. The first kappa shape index (κ1) is 16.6. The van der Waals surface area contributed by atoms with Crippen molar-refractivity contribution in [2.75, 3.05) is 6.54 Å². The van der Waals surface area contributed by atoms with E-state index < -0.39 is 0 Å². The summed E-state index contributed by atoms with van der Waals surface area (Å²) >= 11 is 0. The SMILES string of the molecule is Cc1cc(C)n(-c2ccc(=O)n(CCNC(=O)c3ccccn3)n2)n1. The molecule has 8 nitrogen and oxygen atoms in total. The average Bonchev–Trinajstić information content (AvgIpc) is 2.95. The third kappa shape index (κ3) is 3.79. The lowest BCUT2D eigenvalue weighted by Crippen LogP contribution is -2.32. The number of carbonyl (C=O) groups excluding carboxylic acids is 1. The molecule has 0 aliphatic carbocycles. The van der Waals surface area contributed by atoms with Crippen LogP contribution in [0.25, 0.3) is 5.82 Å². The summed E-state index contributed by atoms with van der Waals surface area (Å²) in [5, 5.41) is 11.4. The highest BCUT2D eigenvalue weighted by atomic mass is 16.2. The molecule has 3 heterocycles. The molecule has 0 fully saturated rings. The zero-order valence-electron chi connectivity index (χ0n) is 14.0. The van der Waals surface area contributed by atoms with Gasteiger partial charge in [-0.1, -0.05) is 6.07 Å². The van der Waals surface area contributed by atoms with E-state index in [4.69, 9.17) is 0 Å². The van der Waals surface area contributed by atoms with Gasteiger partial charge in [-0.3, -0.25) is 14.6 Å². The number of nitrogens with zero attached hydrogens (tertiary/aromatic N) is 5. The van der Waals surface area contributed by atoms with Crippen LogP contribution in [0.1, 0.15) is 21.9 Å². The molecule has 0 atom stereocenters. The van der Waals surface area contributed by atoms with Crippen molar-refractivity contribution in [3.8, 4) is 5.82 Å². The first-order valence-electron chi connectivity index (χ1n) is 7.85. The molecule has 0 saturated carbocycles. The molecule has 0 spiro atoms. The standard InChI is InChI=1S/C17H18N6O2/c1-12-11-13(2)23(20-12)15-6-7-16(24)22(21-15)10-9-19-17(25)14-5-3-4-8-18-14/h3-8,11H,9-10H2,1-2H3,(H,19,25). The van der Waals surface area contributed by atoms with E-state index in [1.165, 1.54) is 10.7 Å². The van der Waals surface area contributed by atoms with E-state index >= 15 is 0 Å². The lowest BCUT2D eigenvalue weighted by molar-refractivity contribution is 0.0947. The molecule has 8 heteroatoms. The second-order valence-electron chi connectivity index (χ2n) is 5.56. The second-order valence-corrected chi connectivity index (χ2v) is 5.56. The minimum atomic E-state index is -0.289. The molecule has 0 aromatic carbocycles. The molecular weight excluding hydrogens is 320 g/mol. The number of hydrogen-bond donors (Lipinski definition) is 1. The van der Waals surface area contributed by atoms with Crippen molar-refractivity contribution in [2.45, 2.75) is 20.4 Å². The fraction of sp³-hybridized carbons (Fsp3) is 0.235. The van der Waals surface area contributed by atoms with Crippen molar-refractivity contribution in [1.82, 2.24) is 29.9 Å². The Hall–Kier alpha value is -3.29. The van der Waals surface area contributed by atoms with E-state index in [0.717, 1.165) is 11.4 Å². The van der Waals surface area contributed by atoms with Crippen molar-refractivity contribution in [3.63, 3.8) is 0 Å². The number of nitrogens with one attached hydrogen (secondary N) is 1. The minimum Gasteiger partial charge on any atom is -0.349 e. The normalized spacial score (nSPS) is 10.6. The minimum absolute atomic E-state index is 0.239. The highest BCUT2D eigenvalue weighted by Gasteiger charge is 2.09. The number of amides is 1. The van der Waals surface area contributed by atoms with Crippen molar-refractivity contribution < 1.29 is 4.79 Å². The third-order valence-electron chi connectivity index (χ3n) is 3.59. The van der Waals surface area contributed by atoms with Gasteiger partial charge in [0, 0.05) is 24.5 Å². The van der Waals surface area contributed by atoms with Gasteiger partial charge in [-0.05, 0) is 38.1 Å². The molecule has 128 valence electrons. The lowest BCUT2D eigenvalue weighted by Gasteiger charge is -2.09. The summed E-state index contributed by atoms with van der Waals surface area (Å²) in [6.45, 7) is 4.34. The van der Waals surface area contributed by atoms with Crippen molar-refractivity contribution >= 4 is 5.91 Å². The Morgan fingerprint density at radius 2 is 2.00 bits per heavy atom. The first-order valence-corrected chi connectivity index (χ1v) is 7.85. The molecule has 0 saturated heterocycles. The van der Waals surface area contributed by atoms with Gasteiger partial charge in [0.05, 0.1) is 12.2 Å². The molecule has 0 aliphatic heterocycles. The lowest BCUT2D eigenvalue weighted by atomic mass is 10.3. The molecule has 3 aromatic rings. The van der Waals surface area contributed by atoms with Gasteiger partial charge in [0.2, 0.25) is 0 Å². The van der Waals surface area contributed by atoms with Crippen LogP contribution in [0.3, 0.4) is 0 Å². The van der Waals surface area contributed by atoms with E-state index in [1.54, 1.807) is 35.1 Å². The van der Waals surface area contributed by atoms with E-state index in [9.17, 15) is 9.59 Å². The van der Waals surface area contributed by atoms with E-state index in [0.29, 0.717) is 11.5 Å². The number of aryl methyl sites for hydroxylation is 2. The van der Waals surface area contributed by atoms with Crippen LogP contribution in [0.4, 0.5) is 0 Å². The summed E-state index contributed by atoms with van der Waals surface area (Å²) in [6.07, 6.45) is 1.55. The van der Waals surface area contributed by atoms with Gasteiger partial charge >= 0.3 is 0 Å². The molecule has 1 N–H and O–H groups in total. The number of hydrogen-bond acceptors (Lipinski definition) is 5. The highest BCUT2D eigenvalue weighted by Crippen LogP contribution is 2.07. The largest absolute Gasteiger partial charge is 0.349 e. The van der Waals surface area contributed by atoms with Crippen LogP contribution in [0.2, 0.25) is 0 Å². The van der Waals surface area contributed by atoms with Crippen LogP contribution in [0.5, 0.6) is 0 Å². The summed E-state index contributed by atoms with van der Waals surface area (Å²) in [4.78, 5) is 27.9. The second kappa shape index (κ2) is 7.08. The summed E-state index contributed by atoms with van der Waals surface area (Å²) < 4.78 is 2.99. The fourth-order valence-electron chi connectivity index (χ4n) is 2.44. The molecule has 0 aliphatic rings. The number of aromatic nitrogens is 5. The summed E-state index contributed by atoms with van der Waals surface area (Å²) in [6, 6.07) is 10.1. The smallest absolute Gasteiger partial charge is 0.269 e. The highest BCUT2D eigenvalue weighted by molar-refractivity contribution is 5.92. The van der Waals surface area contributed by atoms with Gasteiger partial charge in [-0.2, -0.15) is 5.10 Å². The van der Waals surface area contributed by atoms with E-state index in [1.807, 2.05) is 19.9 Å². The van der Waals surface area contributed by atoms with Crippen molar-refractivity contribution in [2.24, 2.45) is 0 Å².